The SMILES string of the molecule is COc1cc2nc(N)n3nc([C@H]4CC[C@@H](C)N(c5cnn(C(C)(C)C(C)(C)O)c5)C4)nc3c2cc1F. The molecule has 0 amide bonds. The number of anilines is 2. The van der Waals surface area contributed by atoms with E-state index in [0.717, 1.165) is 18.5 Å². The molecule has 3 aromatic heterocycles. The highest BCUT2D eigenvalue weighted by Gasteiger charge is 2.38. The largest absolute Gasteiger partial charge is 0.494 e. The molecular weight excluding hydrogens is 463 g/mol. The maximum absolute atomic E-state index is 14.5. The summed E-state index contributed by atoms with van der Waals surface area (Å²) in [4.78, 5) is 11.5. The van der Waals surface area contributed by atoms with Gasteiger partial charge in [-0.2, -0.15) is 9.61 Å². The summed E-state index contributed by atoms with van der Waals surface area (Å²) in [5, 5.41) is 20.4. The molecule has 0 unspecified atom stereocenters. The molecule has 0 saturated carbocycles. The molecule has 0 radical (unpaired) electrons. The van der Waals surface area contributed by atoms with Gasteiger partial charge in [-0.1, -0.05) is 0 Å². The molecule has 0 bridgehead atoms. The molecule has 1 fully saturated rings. The van der Waals surface area contributed by atoms with Crippen LogP contribution in [0.1, 0.15) is 59.2 Å². The first-order valence-corrected chi connectivity index (χ1v) is 12.1. The Morgan fingerprint density at radius 1 is 1.17 bits per heavy atom. The van der Waals surface area contributed by atoms with Crippen molar-refractivity contribution in [1.29, 1.82) is 0 Å². The fourth-order valence-corrected chi connectivity index (χ4v) is 4.70. The van der Waals surface area contributed by atoms with Crippen molar-refractivity contribution in [3.8, 4) is 5.75 Å². The van der Waals surface area contributed by atoms with E-state index < -0.39 is 17.0 Å². The quantitative estimate of drug-likeness (QED) is 0.431. The van der Waals surface area contributed by atoms with Crippen molar-refractivity contribution in [2.24, 2.45) is 0 Å². The number of aromatic nitrogens is 6. The molecule has 36 heavy (non-hydrogen) atoms. The third-order valence-electron chi connectivity index (χ3n) is 7.80. The minimum absolute atomic E-state index is 0.0456. The lowest BCUT2D eigenvalue weighted by atomic mass is 9.86. The summed E-state index contributed by atoms with van der Waals surface area (Å²) < 4.78 is 22.9. The predicted octanol–water partition coefficient (Wildman–Crippen LogP) is 3.48. The first kappa shape index (κ1) is 24.2. The molecule has 10 nitrogen and oxygen atoms in total. The first-order valence-electron chi connectivity index (χ1n) is 12.1. The zero-order chi connectivity index (χ0) is 26.0. The zero-order valence-corrected chi connectivity index (χ0v) is 21.5. The summed E-state index contributed by atoms with van der Waals surface area (Å²) in [6, 6.07) is 3.18. The van der Waals surface area contributed by atoms with E-state index in [0.29, 0.717) is 35.0 Å². The van der Waals surface area contributed by atoms with E-state index in [2.05, 4.69) is 27.0 Å². The first-order chi connectivity index (χ1) is 16.9. The van der Waals surface area contributed by atoms with E-state index >= 15 is 0 Å². The van der Waals surface area contributed by atoms with E-state index in [1.165, 1.54) is 23.8 Å². The highest BCUT2D eigenvalue weighted by molar-refractivity contribution is 5.93. The highest BCUT2D eigenvalue weighted by atomic mass is 19.1. The average Bonchev–Trinajstić information content (AvgIpc) is 3.48. The Morgan fingerprint density at radius 3 is 2.61 bits per heavy atom. The highest BCUT2D eigenvalue weighted by Crippen LogP contribution is 2.35. The van der Waals surface area contributed by atoms with Crippen LogP contribution in [0.2, 0.25) is 0 Å². The van der Waals surface area contributed by atoms with Gasteiger partial charge in [0, 0.05) is 36.2 Å². The van der Waals surface area contributed by atoms with Crippen molar-refractivity contribution in [2.45, 2.75) is 70.6 Å². The van der Waals surface area contributed by atoms with Crippen LogP contribution in [0.15, 0.2) is 24.5 Å². The number of nitrogens with two attached hydrogens (primary N) is 1. The van der Waals surface area contributed by atoms with E-state index in [4.69, 9.17) is 15.5 Å². The smallest absolute Gasteiger partial charge is 0.223 e. The van der Waals surface area contributed by atoms with Gasteiger partial charge in [-0.05, 0) is 53.5 Å². The van der Waals surface area contributed by atoms with Gasteiger partial charge in [-0.25, -0.2) is 14.4 Å². The minimum Gasteiger partial charge on any atom is -0.494 e. The summed E-state index contributed by atoms with van der Waals surface area (Å²) in [6.45, 7) is 10.4. The molecule has 3 N–H and O–H groups in total. The van der Waals surface area contributed by atoms with Gasteiger partial charge in [-0.15, -0.1) is 5.10 Å². The van der Waals surface area contributed by atoms with Gasteiger partial charge in [0.25, 0.3) is 0 Å². The van der Waals surface area contributed by atoms with Crippen LogP contribution in [-0.2, 0) is 5.54 Å². The number of benzene rings is 1. The summed E-state index contributed by atoms with van der Waals surface area (Å²) >= 11 is 0. The Labute approximate surface area is 208 Å². The molecule has 0 spiro atoms. The minimum atomic E-state index is -0.951. The van der Waals surface area contributed by atoms with Crippen LogP contribution < -0.4 is 15.4 Å². The van der Waals surface area contributed by atoms with Gasteiger partial charge in [0.1, 0.15) is 0 Å². The molecule has 1 aliphatic rings. The maximum atomic E-state index is 14.5. The van der Waals surface area contributed by atoms with Crippen molar-refractivity contribution >= 4 is 28.2 Å². The van der Waals surface area contributed by atoms with Gasteiger partial charge in [0.15, 0.2) is 23.0 Å². The normalized spacial score (nSPS) is 19.4. The number of nitrogens with zero attached hydrogens (tertiary/aromatic N) is 7. The van der Waals surface area contributed by atoms with Gasteiger partial charge in [0.05, 0.1) is 35.7 Å². The van der Waals surface area contributed by atoms with E-state index in [9.17, 15) is 9.50 Å². The number of ether oxygens (including phenoxy) is 1. The summed E-state index contributed by atoms with van der Waals surface area (Å²) in [5.74, 6) is 0.481. The van der Waals surface area contributed by atoms with Crippen molar-refractivity contribution in [2.75, 3.05) is 24.3 Å². The molecule has 4 heterocycles. The number of aliphatic hydroxyl groups is 1. The second-order valence-electron chi connectivity index (χ2n) is 10.7. The van der Waals surface area contributed by atoms with Crippen LogP contribution >= 0.6 is 0 Å². The lowest BCUT2D eigenvalue weighted by molar-refractivity contribution is -0.0323. The second kappa shape index (κ2) is 8.29. The fourth-order valence-electron chi connectivity index (χ4n) is 4.70. The standard InChI is InChI=1S/C25H33FN8O2/c1-14-7-8-15(12-32(14)16-11-28-33(13-16)24(2,3)25(4,5)35)21-30-22-17-9-18(26)20(36-6)10-19(17)29-23(27)34(22)31-21/h9-11,13-15,35H,7-8,12H2,1-6H3,(H2,27,29)/t14-,15+/m1/s1. The second-order valence-corrected chi connectivity index (χ2v) is 10.7. The number of rotatable bonds is 5. The van der Waals surface area contributed by atoms with Crippen LogP contribution in [-0.4, -0.2) is 59.8 Å². The van der Waals surface area contributed by atoms with Gasteiger partial charge < -0.3 is 20.5 Å². The Morgan fingerprint density at radius 2 is 1.92 bits per heavy atom. The lowest BCUT2D eigenvalue weighted by Gasteiger charge is -2.39. The molecule has 192 valence electrons. The number of halogens is 1. The average molecular weight is 497 g/mol. The Kier molecular flexibility index (Phi) is 5.58. The Bertz CT molecular complexity index is 1440. The molecule has 1 aliphatic heterocycles. The van der Waals surface area contributed by atoms with Crippen LogP contribution in [0.25, 0.3) is 16.6 Å². The van der Waals surface area contributed by atoms with Crippen LogP contribution in [0.3, 0.4) is 0 Å². The number of nitrogen functional groups attached to an aromatic ring is 1. The van der Waals surface area contributed by atoms with Crippen molar-refractivity contribution in [3.63, 3.8) is 0 Å². The molecule has 4 aromatic rings. The molecule has 2 atom stereocenters. The maximum Gasteiger partial charge on any atom is 0.223 e. The van der Waals surface area contributed by atoms with Gasteiger partial charge >= 0.3 is 0 Å². The third kappa shape index (κ3) is 3.82. The summed E-state index contributed by atoms with van der Waals surface area (Å²) in [7, 11) is 1.41. The zero-order valence-electron chi connectivity index (χ0n) is 21.5. The van der Waals surface area contributed by atoms with Crippen LogP contribution in [0.4, 0.5) is 16.0 Å². The molecule has 1 saturated heterocycles. The number of fused-ring (bicyclic) bond motifs is 3. The number of methoxy groups -OCH3 is 1. The van der Waals surface area contributed by atoms with Crippen molar-refractivity contribution in [1.82, 2.24) is 29.4 Å². The van der Waals surface area contributed by atoms with E-state index in [-0.39, 0.29) is 17.6 Å². The number of piperidine rings is 1. The van der Waals surface area contributed by atoms with Crippen molar-refractivity contribution < 1.29 is 14.2 Å². The molecule has 1 aromatic carbocycles. The van der Waals surface area contributed by atoms with Gasteiger partial charge in [-0.3, -0.25) is 4.68 Å². The van der Waals surface area contributed by atoms with E-state index in [1.54, 1.807) is 13.8 Å². The fraction of sp³-hybridized carbons (Fsp3) is 0.520. The summed E-state index contributed by atoms with van der Waals surface area (Å²) in [6.07, 6.45) is 5.68. The molecule has 0 aliphatic carbocycles. The van der Waals surface area contributed by atoms with Crippen molar-refractivity contribution in [3.05, 3.63) is 36.2 Å². The van der Waals surface area contributed by atoms with Crippen LogP contribution in [0.5, 0.6) is 5.75 Å². The van der Waals surface area contributed by atoms with Crippen LogP contribution in [0, 0.1) is 5.82 Å². The number of hydrogen-bond acceptors (Lipinski definition) is 8. The van der Waals surface area contributed by atoms with Gasteiger partial charge in [0.2, 0.25) is 5.95 Å². The molecular formula is C25H33FN8O2. The monoisotopic (exact) mass is 496 g/mol. The predicted molar refractivity (Wildman–Crippen MR) is 136 cm³/mol. The number of hydrogen-bond donors (Lipinski definition) is 2. The summed E-state index contributed by atoms with van der Waals surface area (Å²) in [5.41, 5.74) is 6.60. The third-order valence-corrected chi connectivity index (χ3v) is 7.80. The Balaban J connectivity index is 1.49. The lowest BCUT2D eigenvalue weighted by Crippen LogP contribution is -2.47. The molecule has 5 rings (SSSR count). The van der Waals surface area contributed by atoms with E-state index in [1.807, 2.05) is 30.9 Å². The Hall–Kier alpha value is -3.47. The topological polar surface area (TPSA) is 120 Å². The molecule has 11 heteroatoms.